The van der Waals surface area contributed by atoms with Gasteiger partial charge in [0, 0.05) is 41.1 Å². The summed E-state index contributed by atoms with van der Waals surface area (Å²) in [6.07, 6.45) is -4.49. The molecule has 0 atom stereocenters. The number of halogens is 3. The number of anilines is 1. The smallest absolute Gasteiger partial charge is 0.398 e. The molecule has 20 heavy (non-hydrogen) atoms. The van der Waals surface area contributed by atoms with E-state index in [1.807, 2.05) is 0 Å². The van der Waals surface area contributed by atoms with Crippen LogP contribution in [0, 0.1) is 0 Å². The Morgan fingerprint density at radius 3 is 2.35 bits per heavy atom. The van der Waals surface area contributed by atoms with Gasteiger partial charge in [0.05, 0.1) is 11.1 Å². The third-order valence-electron chi connectivity index (χ3n) is 3.07. The summed E-state index contributed by atoms with van der Waals surface area (Å²) < 4.78 is 48.8. The van der Waals surface area contributed by atoms with E-state index in [1.54, 1.807) is 0 Å². The van der Waals surface area contributed by atoms with E-state index in [1.165, 1.54) is 4.90 Å². The second-order valence-corrected chi connectivity index (χ2v) is 6.14. The summed E-state index contributed by atoms with van der Waals surface area (Å²) >= 11 is 0. The molecule has 0 bridgehead atoms. The molecule has 1 heterocycles. The van der Waals surface area contributed by atoms with Crippen LogP contribution in [-0.2, 0) is 17.0 Å². The van der Waals surface area contributed by atoms with Gasteiger partial charge in [-0.15, -0.1) is 0 Å². The predicted octanol–water partition coefficient (Wildman–Crippen LogP) is 1.49. The molecule has 1 fully saturated rings. The first-order valence-electron chi connectivity index (χ1n) is 5.90. The summed E-state index contributed by atoms with van der Waals surface area (Å²) in [6.45, 7) is 0.651. The van der Waals surface area contributed by atoms with E-state index in [0.717, 1.165) is 18.2 Å². The van der Waals surface area contributed by atoms with Gasteiger partial charge in [0.2, 0.25) is 0 Å². The maximum atomic E-state index is 12.5. The van der Waals surface area contributed by atoms with E-state index in [2.05, 4.69) is 0 Å². The van der Waals surface area contributed by atoms with Crippen molar-refractivity contribution >= 4 is 22.4 Å². The Balaban J connectivity index is 2.21. The Hall–Kier alpha value is -1.57. The van der Waals surface area contributed by atoms with Gasteiger partial charge in [0.1, 0.15) is 0 Å². The summed E-state index contributed by atoms with van der Waals surface area (Å²) in [4.78, 5) is 13.6. The molecule has 0 saturated carbocycles. The minimum atomic E-state index is -4.49. The SMILES string of the molecule is Nc1cc(C(F)(F)F)ccc1C(=O)N1CCS(=O)CC1. The molecule has 8 heteroatoms. The maximum absolute atomic E-state index is 12.5. The standard InChI is InChI=1S/C12H13F3N2O2S/c13-12(14,15)8-1-2-9(10(16)7-8)11(18)17-3-5-20(19)6-4-17/h1-2,7H,3-6,16H2. The van der Waals surface area contributed by atoms with E-state index in [4.69, 9.17) is 5.73 Å². The lowest BCUT2D eigenvalue weighted by atomic mass is 10.1. The summed E-state index contributed by atoms with van der Waals surface area (Å²) in [5.41, 5.74) is 4.51. The average Bonchev–Trinajstić information content (AvgIpc) is 2.37. The summed E-state index contributed by atoms with van der Waals surface area (Å²) in [6, 6.07) is 2.69. The Morgan fingerprint density at radius 2 is 1.85 bits per heavy atom. The molecule has 2 rings (SSSR count). The third-order valence-corrected chi connectivity index (χ3v) is 4.35. The predicted molar refractivity (Wildman–Crippen MR) is 69.6 cm³/mol. The fourth-order valence-electron chi connectivity index (χ4n) is 1.95. The van der Waals surface area contributed by atoms with Gasteiger partial charge in [0.25, 0.3) is 5.91 Å². The first kappa shape index (κ1) is 14.8. The number of alkyl halides is 3. The first-order valence-corrected chi connectivity index (χ1v) is 7.39. The number of carbonyl (C=O) groups is 1. The van der Waals surface area contributed by atoms with Gasteiger partial charge >= 0.3 is 6.18 Å². The molecule has 0 aliphatic carbocycles. The van der Waals surface area contributed by atoms with Crippen molar-refractivity contribution in [1.29, 1.82) is 0 Å². The molecule has 0 spiro atoms. The van der Waals surface area contributed by atoms with E-state index in [9.17, 15) is 22.2 Å². The highest BCUT2D eigenvalue weighted by Gasteiger charge is 2.32. The maximum Gasteiger partial charge on any atom is 0.416 e. The van der Waals surface area contributed by atoms with Crippen LogP contribution in [0.1, 0.15) is 15.9 Å². The first-order chi connectivity index (χ1) is 9.29. The Labute approximate surface area is 116 Å². The molecule has 1 amide bonds. The topological polar surface area (TPSA) is 63.4 Å². The van der Waals surface area contributed by atoms with E-state index in [-0.39, 0.29) is 11.3 Å². The highest BCUT2D eigenvalue weighted by Crippen LogP contribution is 2.31. The summed E-state index contributed by atoms with van der Waals surface area (Å²) in [5, 5.41) is 0. The van der Waals surface area contributed by atoms with Crippen molar-refractivity contribution < 1.29 is 22.2 Å². The van der Waals surface area contributed by atoms with E-state index >= 15 is 0 Å². The van der Waals surface area contributed by atoms with Gasteiger partial charge in [-0.2, -0.15) is 13.2 Å². The van der Waals surface area contributed by atoms with Gasteiger partial charge in [0.15, 0.2) is 0 Å². The van der Waals surface area contributed by atoms with Crippen LogP contribution in [0.15, 0.2) is 18.2 Å². The van der Waals surface area contributed by atoms with Crippen molar-refractivity contribution in [2.45, 2.75) is 6.18 Å². The number of nitrogen functional groups attached to an aromatic ring is 1. The molecule has 4 nitrogen and oxygen atoms in total. The number of nitrogens with two attached hydrogens (primary N) is 1. The number of nitrogens with zero attached hydrogens (tertiary/aromatic N) is 1. The number of hydrogen-bond donors (Lipinski definition) is 1. The minimum absolute atomic E-state index is 0.0469. The lowest BCUT2D eigenvalue weighted by molar-refractivity contribution is -0.137. The second kappa shape index (κ2) is 5.43. The number of benzene rings is 1. The van der Waals surface area contributed by atoms with Gasteiger partial charge in [-0.3, -0.25) is 9.00 Å². The quantitative estimate of drug-likeness (QED) is 0.800. The van der Waals surface area contributed by atoms with Crippen LogP contribution in [0.5, 0.6) is 0 Å². The van der Waals surface area contributed by atoms with Crippen molar-refractivity contribution in [3.63, 3.8) is 0 Å². The highest BCUT2D eigenvalue weighted by molar-refractivity contribution is 7.85. The van der Waals surface area contributed by atoms with Gasteiger partial charge in [-0.05, 0) is 18.2 Å². The zero-order valence-electron chi connectivity index (χ0n) is 10.4. The van der Waals surface area contributed by atoms with Crippen LogP contribution >= 0.6 is 0 Å². The molecule has 1 aliphatic rings. The van der Waals surface area contributed by atoms with E-state index in [0.29, 0.717) is 24.6 Å². The fraction of sp³-hybridized carbons (Fsp3) is 0.417. The lowest BCUT2D eigenvalue weighted by Crippen LogP contribution is -2.42. The number of rotatable bonds is 1. The third kappa shape index (κ3) is 3.12. The van der Waals surface area contributed by atoms with Crippen LogP contribution in [0.4, 0.5) is 18.9 Å². The fourth-order valence-corrected chi connectivity index (χ4v) is 3.00. The minimum Gasteiger partial charge on any atom is -0.398 e. The van der Waals surface area contributed by atoms with Crippen LogP contribution in [0.2, 0.25) is 0 Å². The Kier molecular flexibility index (Phi) is 4.03. The van der Waals surface area contributed by atoms with Crippen LogP contribution in [0.3, 0.4) is 0 Å². The van der Waals surface area contributed by atoms with Crippen LogP contribution in [-0.4, -0.2) is 39.6 Å². The molecular weight excluding hydrogens is 293 g/mol. The highest BCUT2D eigenvalue weighted by atomic mass is 32.2. The van der Waals surface area contributed by atoms with Gasteiger partial charge < -0.3 is 10.6 Å². The summed E-state index contributed by atoms with van der Waals surface area (Å²) in [5.74, 6) is 0.339. The molecule has 2 N–H and O–H groups in total. The van der Waals surface area contributed by atoms with Crippen molar-refractivity contribution in [2.24, 2.45) is 0 Å². The van der Waals surface area contributed by atoms with Crippen molar-refractivity contribution in [2.75, 3.05) is 30.3 Å². The molecule has 110 valence electrons. The van der Waals surface area contributed by atoms with Crippen molar-refractivity contribution in [1.82, 2.24) is 4.90 Å². The number of hydrogen-bond acceptors (Lipinski definition) is 3. The molecule has 0 aromatic heterocycles. The molecule has 1 aliphatic heterocycles. The normalized spacial score (nSPS) is 17.2. The molecule has 0 radical (unpaired) electrons. The zero-order valence-corrected chi connectivity index (χ0v) is 11.3. The van der Waals surface area contributed by atoms with Gasteiger partial charge in [-0.1, -0.05) is 0 Å². The van der Waals surface area contributed by atoms with Crippen LogP contribution in [0.25, 0.3) is 0 Å². The molecule has 1 aromatic rings. The molecule has 1 aromatic carbocycles. The van der Waals surface area contributed by atoms with Crippen LogP contribution < -0.4 is 5.73 Å². The van der Waals surface area contributed by atoms with Crippen molar-refractivity contribution in [3.8, 4) is 0 Å². The number of amides is 1. The largest absolute Gasteiger partial charge is 0.416 e. The Morgan fingerprint density at radius 1 is 1.25 bits per heavy atom. The molecule has 1 saturated heterocycles. The monoisotopic (exact) mass is 306 g/mol. The molecular formula is C12H13F3N2O2S. The second-order valence-electron chi connectivity index (χ2n) is 4.44. The number of carbonyl (C=O) groups excluding carboxylic acids is 1. The average molecular weight is 306 g/mol. The zero-order chi connectivity index (χ0) is 14.9. The molecule has 0 unspecified atom stereocenters. The lowest BCUT2D eigenvalue weighted by Gasteiger charge is -2.27. The Bertz CT molecular complexity index is 550. The summed E-state index contributed by atoms with van der Waals surface area (Å²) in [7, 11) is -0.929. The van der Waals surface area contributed by atoms with Gasteiger partial charge in [-0.25, -0.2) is 0 Å². The van der Waals surface area contributed by atoms with Crippen molar-refractivity contribution in [3.05, 3.63) is 29.3 Å². The van der Waals surface area contributed by atoms with E-state index < -0.39 is 28.4 Å².